The molecule has 0 bridgehead atoms. The van der Waals surface area contributed by atoms with Crippen LogP contribution in [0.5, 0.6) is 0 Å². The second kappa shape index (κ2) is 7.01. The third kappa shape index (κ3) is 5.44. The highest BCUT2D eigenvalue weighted by molar-refractivity contribution is 7.98. The number of carbonyl (C=O) groups excluding carboxylic acids is 1. The Morgan fingerprint density at radius 3 is 2.88 bits per heavy atom. The fourth-order valence-corrected chi connectivity index (χ4v) is 2.22. The van der Waals surface area contributed by atoms with Crippen LogP contribution >= 0.6 is 11.8 Å². The van der Waals surface area contributed by atoms with Gasteiger partial charge in [0.2, 0.25) is 5.91 Å². The quantitative estimate of drug-likeness (QED) is 0.723. The van der Waals surface area contributed by atoms with E-state index in [1.807, 2.05) is 6.07 Å². The summed E-state index contributed by atoms with van der Waals surface area (Å²) in [6.45, 7) is 1.31. The van der Waals surface area contributed by atoms with E-state index in [9.17, 15) is 9.59 Å². The predicted octanol–water partition coefficient (Wildman–Crippen LogP) is 1.49. The maximum Gasteiger partial charge on any atom is 0.326 e. The second-order valence-corrected chi connectivity index (χ2v) is 4.67. The minimum atomic E-state index is -0.996. The highest BCUT2D eigenvalue weighted by Gasteiger charge is 2.17. The molecule has 0 aliphatic rings. The van der Waals surface area contributed by atoms with Crippen LogP contribution in [0.25, 0.3) is 0 Å². The monoisotopic (exact) mass is 257 g/mol. The first-order valence-electron chi connectivity index (χ1n) is 5.18. The van der Waals surface area contributed by atoms with Gasteiger partial charge in [-0.3, -0.25) is 4.79 Å². The van der Waals surface area contributed by atoms with Crippen LogP contribution in [0.3, 0.4) is 0 Å². The summed E-state index contributed by atoms with van der Waals surface area (Å²) in [5, 5.41) is 11.3. The summed E-state index contributed by atoms with van der Waals surface area (Å²) in [5.41, 5.74) is 1.07. The Hall–Kier alpha value is -1.43. The summed E-state index contributed by atoms with van der Waals surface area (Å²) < 4.78 is 4.92. The van der Waals surface area contributed by atoms with E-state index >= 15 is 0 Å². The van der Waals surface area contributed by atoms with Gasteiger partial charge in [-0.1, -0.05) is 0 Å². The Kier molecular flexibility index (Phi) is 5.62. The first-order valence-corrected chi connectivity index (χ1v) is 6.34. The van der Waals surface area contributed by atoms with Crippen molar-refractivity contribution in [3.63, 3.8) is 0 Å². The van der Waals surface area contributed by atoms with E-state index < -0.39 is 12.0 Å². The van der Waals surface area contributed by atoms with Gasteiger partial charge in [0.15, 0.2) is 0 Å². The minimum absolute atomic E-state index is 0.322. The zero-order chi connectivity index (χ0) is 12.7. The number of hydrogen-bond donors (Lipinski definition) is 2. The molecule has 0 aromatic carbocycles. The van der Waals surface area contributed by atoms with E-state index in [0.29, 0.717) is 12.2 Å². The summed E-state index contributed by atoms with van der Waals surface area (Å²) >= 11 is 1.61. The van der Waals surface area contributed by atoms with Gasteiger partial charge in [0.25, 0.3) is 0 Å². The molecule has 1 heterocycles. The van der Waals surface area contributed by atoms with Gasteiger partial charge >= 0.3 is 5.97 Å². The molecule has 0 spiro atoms. The molecule has 17 heavy (non-hydrogen) atoms. The van der Waals surface area contributed by atoms with Gasteiger partial charge in [-0.25, -0.2) is 4.79 Å². The first kappa shape index (κ1) is 13.6. The van der Waals surface area contributed by atoms with Crippen LogP contribution < -0.4 is 5.32 Å². The lowest BCUT2D eigenvalue weighted by atomic mass is 10.2. The predicted molar refractivity (Wildman–Crippen MR) is 64.7 cm³/mol. The van der Waals surface area contributed by atoms with Crippen molar-refractivity contribution in [2.75, 3.05) is 5.75 Å². The number of rotatable bonds is 7. The van der Waals surface area contributed by atoms with Crippen LogP contribution in [0.1, 0.15) is 18.9 Å². The molecule has 0 radical (unpaired) electrons. The van der Waals surface area contributed by atoms with Gasteiger partial charge in [0, 0.05) is 18.2 Å². The fourth-order valence-electron chi connectivity index (χ4n) is 1.27. The Balaban J connectivity index is 2.23. The number of nitrogens with one attached hydrogen (secondary N) is 1. The molecular formula is C11H15NO4S. The normalized spacial score (nSPS) is 12.1. The minimum Gasteiger partial charge on any atom is -0.480 e. The lowest BCUT2D eigenvalue weighted by molar-refractivity contribution is -0.141. The van der Waals surface area contributed by atoms with E-state index in [4.69, 9.17) is 9.52 Å². The smallest absolute Gasteiger partial charge is 0.326 e. The maximum absolute atomic E-state index is 10.8. The third-order valence-electron chi connectivity index (χ3n) is 2.08. The molecule has 1 unspecified atom stereocenters. The van der Waals surface area contributed by atoms with Crippen molar-refractivity contribution in [2.45, 2.75) is 25.1 Å². The molecule has 0 aliphatic carbocycles. The topological polar surface area (TPSA) is 79.5 Å². The van der Waals surface area contributed by atoms with Gasteiger partial charge in [0.1, 0.15) is 6.04 Å². The molecule has 1 amide bonds. The molecular weight excluding hydrogens is 242 g/mol. The van der Waals surface area contributed by atoms with E-state index in [1.165, 1.54) is 6.92 Å². The van der Waals surface area contributed by atoms with Gasteiger partial charge in [-0.15, -0.1) is 0 Å². The van der Waals surface area contributed by atoms with Crippen LogP contribution in [-0.4, -0.2) is 28.8 Å². The van der Waals surface area contributed by atoms with Crippen molar-refractivity contribution in [1.82, 2.24) is 5.32 Å². The molecule has 1 aromatic rings. The zero-order valence-electron chi connectivity index (χ0n) is 9.51. The maximum atomic E-state index is 10.8. The summed E-state index contributed by atoms with van der Waals surface area (Å²) in [4.78, 5) is 21.6. The number of carbonyl (C=O) groups is 2. The van der Waals surface area contributed by atoms with Gasteiger partial charge in [0.05, 0.1) is 12.5 Å². The zero-order valence-corrected chi connectivity index (χ0v) is 10.3. The lowest BCUT2D eigenvalue weighted by Gasteiger charge is -2.12. The molecule has 0 aliphatic heterocycles. The highest BCUT2D eigenvalue weighted by Crippen LogP contribution is 2.14. The average molecular weight is 257 g/mol. The standard InChI is InChI=1S/C11H15NO4S/c1-8(13)12-10(11(14)15)3-5-17-7-9-2-4-16-6-9/h2,4,6,10H,3,5,7H2,1H3,(H,12,13)(H,14,15). The summed E-state index contributed by atoms with van der Waals surface area (Å²) in [7, 11) is 0. The molecule has 94 valence electrons. The van der Waals surface area contributed by atoms with Crippen LogP contribution in [0.2, 0.25) is 0 Å². The van der Waals surface area contributed by atoms with Crippen molar-refractivity contribution < 1.29 is 19.1 Å². The summed E-state index contributed by atoms with van der Waals surface area (Å²) in [5.74, 6) is 0.132. The number of amides is 1. The number of thioether (sulfide) groups is 1. The average Bonchev–Trinajstić information content (AvgIpc) is 2.74. The molecule has 6 heteroatoms. The lowest BCUT2D eigenvalue weighted by Crippen LogP contribution is -2.39. The van der Waals surface area contributed by atoms with E-state index in [1.54, 1.807) is 24.3 Å². The second-order valence-electron chi connectivity index (χ2n) is 3.56. The number of hydrogen-bond acceptors (Lipinski definition) is 4. The van der Waals surface area contributed by atoms with Crippen molar-refractivity contribution in [2.24, 2.45) is 0 Å². The molecule has 2 N–H and O–H groups in total. The fraction of sp³-hybridized carbons (Fsp3) is 0.455. The number of carboxylic acids is 1. The summed E-state index contributed by atoms with van der Waals surface area (Å²) in [6.07, 6.45) is 3.68. The molecule has 0 saturated carbocycles. The van der Waals surface area contributed by atoms with E-state index in [-0.39, 0.29) is 5.91 Å². The Morgan fingerprint density at radius 2 is 2.35 bits per heavy atom. The number of furan rings is 1. The highest BCUT2D eigenvalue weighted by atomic mass is 32.2. The number of carboxylic acid groups (broad SMARTS) is 1. The molecule has 1 aromatic heterocycles. The SMILES string of the molecule is CC(=O)NC(CCSCc1ccoc1)C(=O)O. The van der Waals surface area contributed by atoms with Crippen LogP contribution in [-0.2, 0) is 15.3 Å². The van der Waals surface area contributed by atoms with Crippen molar-refractivity contribution in [1.29, 1.82) is 0 Å². The van der Waals surface area contributed by atoms with Crippen LogP contribution in [0.4, 0.5) is 0 Å². The number of aliphatic carboxylic acids is 1. The van der Waals surface area contributed by atoms with E-state index in [0.717, 1.165) is 11.3 Å². The Bertz CT molecular complexity index is 364. The van der Waals surface area contributed by atoms with Gasteiger partial charge < -0.3 is 14.8 Å². The Morgan fingerprint density at radius 1 is 1.59 bits per heavy atom. The van der Waals surface area contributed by atoms with E-state index in [2.05, 4.69) is 5.32 Å². The van der Waals surface area contributed by atoms with Crippen molar-refractivity contribution >= 4 is 23.6 Å². The largest absolute Gasteiger partial charge is 0.480 e. The molecule has 0 fully saturated rings. The third-order valence-corrected chi connectivity index (χ3v) is 3.14. The van der Waals surface area contributed by atoms with Crippen LogP contribution in [0, 0.1) is 0 Å². The Labute approximate surface area is 104 Å². The van der Waals surface area contributed by atoms with Gasteiger partial charge in [-0.2, -0.15) is 11.8 Å². The molecule has 5 nitrogen and oxygen atoms in total. The van der Waals surface area contributed by atoms with Crippen LogP contribution in [0.15, 0.2) is 23.0 Å². The molecule has 1 atom stereocenters. The van der Waals surface area contributed by atoms with Crippen molar-refractivity contribution in [3.05, 3.63) is 24.2 Å². The van der Waals surface area contributed by atoms with Crippen molar-refractivity contribution in [3.8, 4) is 0 Å². The molecule has 0 saturated heterocycles. The van der Waals surface area contributed by atoms with Gasteiger partial charge in [-0.05, 0) is 18.2 Å². The first-order chi connectivity index (χ1) is 8.09. The molecule has 1 rings (SSSR count). The summed E-state index contributed by atoms with van der Waals surface area (Å²) in [6, 6.07) is 1.07.